The molecule has 1 aromatic carbocycles. The number of esters is 1. The first-order chi connectivity index (χ1) is 15.2. The Bertz CT molecular complexity index is 1030. The highest BCUT2D eigenvalue weighted by Gasteiger charge is 2.35. The molecule has 0 aliphatic rings. The fourth-order valence-electron chi connectivity index (χ4n) is 3.58. The van der Waals surface area contributed by atoms with Crippen LogP contribution in [0.2, 0.25) is 0 Å². The maximum Gasteiger partial charge on any atom is 0.355 e. The van der Waals surface area contributed by atoms with Crippen molar-refractivity contribution in [2.75, 3.05) is 26.4 Å². The molecule has 0 fully saturated rings. The minimum absolute atomic E-state index is 0.116. The van der Waals surface area contributed by atoms with Crippen molar-refractivity contribution in [3.05, 3.63) is 52.8 Å². The van der Waals surface area contributed by atoms with Crippen molar-refractivity contribution < 1.29 is 27.5 Å². The number of hydrogen-bond donors (Lipinski definition) is 1. The van der Waals surface area contributed by atoms with Crippen LogP contribution in [0.3, 0.4) is 0 Å². The Morgan fingerprint density at radius 3 is 2.34 bits per heavy atom. The summed E-state index contributed by atoms with van der Waals surface area (Å²) in [5.74, 6) is -0.937. The SMILES string of the molecule is CCOCCCN(C(C)C(=O)c1c(C)[nH]c(C(=O)OCC)c1C)S(=O)(=O)c1ccccc1. The van der Waals surface area contributed by atoms with Gasteiger partial charge in [-0.25, -0.2) is 13.2 Å². The molecule has 2 rings (SSSR count). The van der Waals surface area contributed by atoms with Crippen LogP contribution in [0.1, 0.15) is 59.3 Å². The molecule has 0 spiro atoms. The van der Waals surface area contributed by atoms with Crippen LogP contribution in [0.4, 0.5) is 0 Å². The van der Waals surface area contributed by atoms with Crippen molar-refractivity contribution in [3.63, 3.8) is 0 Å². The number of aryl methyl sites for hydroxylation is 1. The van der Waals surface area contributed by atoms with Gasteiger partial charge in [0.25, 0.3) is 0 Å². The zero-order chi connectivity index (χ0) is 23.9. The molecule has 9 heteroatoms. The summed E-state index contributed by atoms with van der Waals surface area (Å²) in [4.78, 5) is 28.7. The predicted molar refractivity (Wildman–Crippen MR) is 121 cm³/mol. The fourth-order valence-corrected chi connectivity index (χ4v) is 5.24. The largest absolute Gasteiger partial charge is 0.461 e. The number of H-pyrrole nitrogens is 1. The van der Waals surface area contributed by atoms with Gasteiger partial charge in [-0.15, -0.1) is 0 Å². The number of ether oxygens (including phenoxy) is 2. The summed E-state index contributed by atoms with van der Waals surface area (Å²) in [5.41, 5.74) is 1.45. The molecular formula is C23H32N2O6S. The Hall–Kier alpha value is -2.49. The van der Waals surface area contributed by atoms with Gasteiger partial charge in [-0.2, -0.15) is 4.31 Å². The maximum absolute atomic E-state index is 13.5. The van der Waals surface area contributed by atoms with Crippen LogP contribution < -0.4 is 0 Å². The average Bonchev–Trinajstić information content (AvgIpc) is 3.07. The number of aromatic nitrogens is 1. The van der Waals surface area contributed by atoms with Crippen LogP contribution in [0, 0.1) is 13.8 Å². The lowest BCUT2D eigenvalue weighted by molar-refractivity contribution is 0.0519. The molecule has 0 amide bonds. The summed E-state index contributed by atoms with van der Waals surface area (Å²) in [6, 6.07) is 7.05. The number of nitrogens with zero attached hydrogens (tertiary/aromatic N) is 1. The molecule has 0 aliphatic carbocycles. The van der Waals surface area contributed by atoms with Crippen LogP contribution in [0.15, 0.2) is 35.2 Å². The summed E-state index contributed by atoms with van der Waals surface area (Å²) >= 11 is 0. The van der Waals surface area contributed by atoms with Crippen LogP contribution in [-0.4, -0.2) is 61.9 Å². The first kappa shape index (κ1) is 25.8. The zero-order valence-electron chi connectivity index (χ0n) is 19.3. The second kappa shape index (κ2) is 11.4. The number of aromatic amines is 1. The number of ketones is 1. The molecule has 176 valence electrons. The highest BCUT2D eigenvalue weighted by atomic mass is 32.2. The lowest BCUT2D eigenvalue weighted by Crippen LogP contribution is -2.44. The summed E-state index contributed by atoms with van der Waals surface area (Å²) in [5, 5.41) is 0. The Morgan fingerprint density at radius 2 is 1.75 bits per heavy atom. The topological polar surface area (TPSA) is 106 Å². The zero-order valence-corrected chi connectivity index (χ0v) is 20.1. The van der Waals surface area contributed by atoms with E-state index in [1.807, 2.05) is 6.92 Å². The van der Waals surface area contributed by atoms with Gasteiger partial charge in [0.15, 0.2) is 5.78 Å². The monoisotopic (exact) mass is 464 g/mol. The molecule has 0 radical (unpaired) electrons. The van der Waals surface area contributed by atoms with Crippen LogP contribution >= 0.6 is 0 Å². The quantitative estimate of drug-likeness (QED) is 0.293. The van der Waals surface area contributed by atoms with Crippen LogP contribution in [0.5, 0.6) is 0 Å². The highest BCUT2D eigenvalue weighted by Crippen LogP contribution is 2.25. The van der Waals surface area contributed by atoms with Crippen molar-refractivity contribution in [2.24, 2.45) is 0 Å². The summed E-state index contributed by atoms with van der Waals surface area (Å²) in [6.45, 7) is 9.71. The standard InChI is InChI=1S/C23H32N2O6S/c1-6-30-15-11-14-25(32(28,29)19-12-9-8-10-13-19)18(5)22(26)20-16(3)21(24-17(20)4)23(27)31-7-2/h8-10,12-13,18,24H,6-7,11,14-15H2,1-5H3. The van der Waals surface area contributed by atoms with Gasteiger partial charge in [-0.1, -0.05) is 18.2 Å². The van der Waals surface area contributed by atoms with Gasteiger partial charge in [-0.05, 0) is 58.7 Å². The molecule has 2 aromatic rings. The molecule has 1 heterocycles. The molecular weight excluding hydrogens is 432 g/mol. The van der Waals surface area contributed by atoms with Gasteiger partial charge >= 0.3 is 5.97 Å². The van der Waals surface area contributed by atoms with Gasteiger partial charge in [0.05, 0.1) is 17.5 Å². The van der Waals surface area contributed by atoms with E-state index in [0.29, 0.717) is 36.5 Å². The van der Waals surface area contributed by atoms with E-state index in [0.717, 1.165) is 0 Å². The first-order valence-corrected chi connectivity index (χ1v) is 12.2. The van der Waals surface area contributed by atoms with Crippen molar-refractivity contribution in [1.29, 1.82) is 0 Å². The molecule has 1 N–H and O–H groups in total. The van der Waals surface area contributed by atoms with E-state index in [-0.39, 0.29) is 29.5 Å². The van der Waals surface area contributed by atoms with Crippen molar-refractivity contribution in [3.8, 4) is 0 Å². The third-order valence-corrected chi connectivity index (χ3v) is 7.18. The molecule has 1 atom stereocenters. The van der Waals surface area contributed by atoms with Crippen molar-refractivity contribution >= 4 is 21.8 Å². The predicted octanol–water partition coefficient (Wildman–Crippen LogP) is 3.50. The average molecular weight is 465 g/mol. The third kappa shape index (κ3) is 5.65. The summed E-state index contributed by atoms with van der Waals surface area (Å²) in [7, 11) is -3.93. The minimum Gasteiger partial charge on any atom is -0.461 e. The molecule has 0 saturated heterocycles. The third-order valence-electron chi connectivity index (χ3n) is 5.20. The van der Waals surface area contributed by atoms with E-state index in [4.69, 9.17) is 9.47 Å². The van der Waals surface area contributed by atoms with E-state index >= 15 is 0 Å². The van der Waals surface area contributed by atoms with Crippen molar-refractivity contribution in [2.45, 2.75) is 52.0 Å². The van der Waals surface area contributed by atoms with Crippen LogP contribution in [0.25, 0.3) is 0 Å². The van der Waals surface area contributed by atoms with Crippen LogP contribution in [-0.2, 0) is 19.5 Å². The number of nitrogens with one attached hydrogen (secondary N) is 1. The number of benzene rings is 1. The molecule has 1 aromatic heterocycles. The Labute approximate surface area is 190 Å². The fraction of sp³-hybridized carbons (Fsp3) is 0.478. The minimum atomic E-state index is -3.93. The highest BCUT2D eigenvalue weighted by molar-refractivity contribution is 7.89. The molecule has 32 heavy (non-hydrogen) atoms. The number of sulfonamides is 1. The van der Waals surface area contributed by atoms with E-state index in [1.54, 1.807) is 45.9 Å². The summed E-state index contributed by atoms with van der Waals surface area (Å²) < 4.78 is 38.4. The maximum atomic E-state index is 13.5. The van der Waals surface area contributed by atoms with E-state index < -0.39 is 22.0 Å². The normalized spacial score (nSPS) is 12.7. The number of carbonyl (C=O) groups excluding carboxylic acids is 2. The summed E-state index contributed by atoms with van der Waals surface area (Å²) in [6.07, 6.45) is 0.441. The van der Waals surface area contributed by atoms with Gasteiger partial charge in [-0.3, -0.25) is 4.79 Å². The lowest BCUT2D eigenvalue weighted by atomic mass is 10.0. The van der Waals surface area contributed by atoms with E-state index in [9.17, 15) is 18.0 Å². The number of rotatable bonds is 12. The molecule has 0 aliphatic heterocycles. The Morgan fingerprint density at radius 1 is 1.09 bits per heavy atom. The van der Waals surface area contributed by atoms with Gasteiger partial charge in [0, 0.05) is 31.0 Å². The molecule has 1 unspecified atom stereocenters. The van der Waals surface area contributed by atoms with E-state index in [2.05, 4.69) is 4.98 Å². The molecule has 8 nitrogen and oxygen atoms in total. The number of hydrogen-bond acceptors (Lipinski definition) is 6. The second-order valence-corrected chi connectivity index (χ2v) is 9.26. The second-order valence-electron chi connectivity index (χ2n) is 7.36. The van der Waals surface area contributed by atoms with Gasteiger partial charge in [0.1, 0.15) is 5.69 Å². The first-order valence-electron chi connectivity index (χ1n) is 10.7. The smallest absolute Gasteiger partial charge is 0.355 e. The Kier molecular flexibility index (Phi) is 9.18. The Balaban J connectivity index is 2.42. The van der Waals surface area contributed by atoms with Crippen molar-refractivity contribution in [1.82, 2.24) is 9.29 Å². The lowest BCUT2D eigenvalue weighted by Gasteiger charge is -2.28. The molecule has 0 saturated carbocycles. The number of carbonyl (C=O) groups is 2. The molecule has 0 bridgehead atoms. The number of Topliss-reactive ketones (excluding diaryl/α,β-unsaturated/α-hetero) is 1. The van der Waals surface area contributed by atoms with E-state index in [1.165, 1.54) is 16.4 Å². The van der Waals surface area contributed by atoms with Gasteiger partial charge < -0.3 is 14.5 Å². The van der Waals surface area contributed by atoms with Gasteiger partial charge in [0.2, 0.25) is 10.0 Å².